The fourth-order valence-corrected chi connectivity index (χ4v) is 2.07. The quantitative estimate of drug-likeness (QED) is 0.792. The number of pyridine rings is 1. The number of carbonyl (C=O) groups is 1. The maximum Gasteiger partial charge on any atom is 0.157 e. The Morgan fingerprint density at radius 1 is 1.53 bits per heavy atom. The predicted molar refractivity (Wildman–Crippen MR) is 61.1 cm³/mol. The van der Waals surface area contributed by atoms with Crippen LogP contribution >= 0.6 is 0 Å². The van der Waals surface area contributed by atoms with Crippen LogP contribution in [0.3, 0.4) is 0 Å². The van der Waals surface area contributed by atoms with Crippen molar-refractivity contribution in [3.05, 3.63) is 30.1 Å². The lowest BCUT2D eigenvalue weighted by atomic mass is 9.85. The number of ether oxygens (including phenoxy) is 1. The molecule has 0 radical (unpaired) electrons. The van der Waals surface area contributed by atoms with Gasteiger partial charge < -0.3 is 4.74 Å². The standard InChI is InChI=1S/C13H14N2O2/c14-8-12(11-2-1-5-15-9-11)13(16)10-3-6-17-7-4-10/h1-2,5,9-10,12H,3-4,6-7H2. The second kappa shape index (κ2) is 5.55. The van der Waals surface area contributed by atoms with E-state index in [9.17, 15) is 4.79 Å². The number of carbonyl (C=O) groups excluding carboxylic acids is 1. The largest absolute Gasteiger partial charge is 0.381 e. The molecule has 0 saturated carbocycles. The minimum atomic E-state index is -0.688. The number of rotatable bonds is 3. The Morgan fingerprint density at radius 3 is 2.88 bits per heavy atom. The van der Waals surface area contributed by atoms with Crippen molar-refractivity contribution in [1.29, 1.82) is 5.26 Å². The van der Waals surface area contributed by atoms with E-state index in [-0.39, 0.29) is 11.7 Å². The molecule has 4 nitrogen and oxygen atoms in total. The summed E-state index contributed by atoms with van der Waals surface area (Å²) >= 11 is 0. The summed E-state index contributed by atoms with van der Waals surface area (Å²) in [6, 6.07) is 5.61. The molecule has 1 fully saturated rings. The highest BCUT2D eigenvalue weighted by atomic mass is 16.5. The highest BCUT2D eigenvalue weighted by Gasteiger charge is 2.29. The number of aromatic nitrogens is 1. The summed E-state index contributed by atoms with van der Waals surface area (Å²) < 4.78 is 5.22. The number of hydrogen-bond donors (Lipinski definition) is 0. The molecule has 0 aromatic carbocycles. The van der Waals surface area contributed by atoms with Crippen LogP contribution in [0.5, 0.6) is 0 Å². The number of hydrogen-bond acceptors (Lipinski definition) is 4. The summed E-state index contributed by atoms with van der Waals surface area (Å²) in [5, 5.41) is 9.15. The highest BCUT2D eigenvalue weighted by Crippen LogP contribution is 2.25. The fourth-order valence-electron chi connectivity index (χ4n) is 2.07. The average molecular weight is 230 g/mol. The molecule has 1 aromatic heterocycles. The van der Waals surface area contributed by atoms with Crippen molar-refractivity contribution in [3.63, 3.8) is 0 Å². The van der Waals surface area contributed by atoms with Gasteiger partial charge in [-0.3, -0.25) is 9.78 Å². The SMILES string of the molecule is N#CC(C(=O)C1CCOCC1)c1cccnc1. The van der Waals surface area contributed by atoms with Crippen molar-refractivity contribution in [2.45, 2.75) is 18.8 Å². The molecule has 1 aliphatic heterocycles. The first-order valence-electron chi connectivity index (χ1n) is 5.74. The van der Waals surface area contributed by atoms with E-state index in [4.69, 9.17) is 10.00 Å². The number of ketones is 1. The summed E-state index contributed by atoms with van der Waals surface area (Å²) in [7, 11) is 0. The summed E-state index contributed by atoms with van der Waals surface area (Å²) in [6.45, 7) is 1.23. The van der Waals surface area contributed by atoms with E-state index in [1.54, 1.807) is 24.5 Å². The lowest BCUT2D eigenvalue weighted by molar-refractivity contribution is -0.126. The second-order valence-electron chi connectivity index (χ2n) is 4.14. The molecule has 0 aliphatic carbocycles. The first-order chi connectivity index (χ1) is 8.33. The van der Waals surface area contributed by atoms with Crippen LogP contribution in [-0.4, -0.2) is 24.0 Å². The molecule has 2 heterocycles. The number of Topliss-reactive ketones (excluding diaryl/α,β-unsaturated/α-hetero) is 1. The van der Waals surface area contributed by atoms with Crippen molar-refractivity contribution in [1.82, 2.24) is 4.98 Å². The van der Waals surface area contributed by atoms with Crippen molar-refractivity contribution in [2.75, 3.05) is 13.2 Å². The zero-order valence-corrected chi connectivity index (χ0v) is 9.50. The van der Waals surface area contributed by atoms with Gasteiger partial charge in [-0.05, 0) is 24.5 Å². The van der Waals surface area contributed by atoms with Crippen molar-refractivity contribution >= 4 is 5.78 Å². The molecular formula is C13H14N2O2. The molecule has 4 heteroatoms. The third kappa shape index (κ3) is 2.69. The van der Waals surface area contributed by atoms with E-state index in [0.29, 0.717) is 18.8 Å². The van der Waals surface area contributed by atoms with Gasteiger partial charge in [0.15, 0.2) is 5.78 Å². The van der Waals surface area contributed by atoms with Crippen molar-refractivity contribution < 1.29 is 9.53 Å². The summed E-state index contributed by atoms with van der Waals surface area (Å²) in [6.07, 6.45) is 4.66. The van der Waals surface area contributed by atoms with Crippen LogP contribution in [0.2, 0.25) is 0 Å². The molecule has 0 bridgehead atoms. The lowest BCUT2D eigenvalue weighted by Gasteiger charge is -2.22. The Labute approximate surface area is 100 Å². The van der Waals surface area contributed by atoms with Gasteiger partial charge in [-0.25, -0.2) is 0 Å². The minimum Gasteiger partial charge on any atom is -0.381 e. The van der Waals surface area contributed by atoms with Crippen LogP contribution in [0.15, 0.2) is 24.5 Å². The van der Waals surface area contributed by atoms with Gasteiger partial charge in [0, 0.05) is 31.5 Å². The molecular weight excluding hydrogens is 216 g/mol. The maximum absolute atomic E-state index is 12.2. The Hall–Kier alpha value is -1.73. The molecule has 0 spiro atoms. The molecule has 0 amide bonds. The predicted octanol–water partition coefficient (Wildman–Crippen LogP) is 1.68. The van der Waals surface area contributed by atoms with Crippen molar-refractivity contribution in [2.24, 2.45) is 5.92 Å². The average Bonchev–Trinajstić information content (AvgIpc) is 2.42. The van der Waals surface area contributed by atoms with Gasteiger partial charge >= 0.3 is 0 Å². The highest BCUT2D eigenvalue weighted by molar-refractivity contribution is 5.90. The van der Waals surface area contributed by atoms with Crippen LogP contribution in [0, 0.1) is 17.2 Å². The Balaban J connectivity index is 2.13. The Kier molecular flexibility index (Phi) is 3.84. The molecule has 17 heavy (non-hydrogen) atoms. The molecule has 1 aromatic rings. The van der Waals surface area contributed by atoms with Crippen molar-refractivity contribution in [3.8, 4) is 6.07 Å². The molecule has 88 valence electrons. The smallest absolute Gasteiger partial charge is 0.157 e. The number of nitriles is 1. The van der Waals surface area contributed by atoms with Gasteiger partial charge in [-0.2, -0.15) is 5.26 Å². The maximum atomic E-state index is 12.2. The zero-order chi connectivity index (χ0) is 12.1. The van der Waals surface area contributed by atoms with Gasteiger partial charge in [0.05, 0.1) is 6.07 Å². The van der Waals surface area contributed by atoms with E-state index >= 15 is 0 Å². The first kappa shape index (κ1) is 11.7. The van der Waals surface area contributed by atoms with Crippen LogP contribution in [0.1, 0.15) is 24.3 Å². The van der Waals surface area contributed by atoms with Gasteiger partial charge in [0.2, 0.25) is 0 Å². The van der Waals surface area contributed by atoms with Gasteiger partial charge in [0.1, 0.15) is 5.92 Å². The first-order valence-corrected chi connectivity index (χ1v) is 5.74. The van der Waals surface area contributed by atoms with E-state index < -0.39 is 5.92 Å². The third-order valence-electron chi connectivity index (χ3n) is 3.06. The normalized spacial score (nSPS) is 18.3. The van der Waals surface area contributed by atoms with Crippen LogP contribution < -0.4 is 0 Å². The van der Waals surface area contributed by atoms with Crippen LogP contribution in [0.4, 0.5) is 0 Å². The van der Waals surface area contributed by atoms with Gasteiger partial charge in [-0.1, -0.05) is 6.07 Å². The van der Waals surface area contributed by atoms with E-state index in [2.05, 4.69) is 11.1 Å². The van der Waals surface area contributed by atoms with E-state index in [1.807, 2.05) is 0 Å². The molecule has 0 N–H and O–H groups in total. The van der Waals surface area contributed by atoms with Gasteiger partial charge in [0.25, 0.3) is 0 Å². The fraction of sp³-hybridized carbons (Fsp3) is 0.462. The molecule has 1 atom stereocenters. The van der Waals surface area contributed by atoms with Gasteiger partial charge in [-0.15, -0.1) is 0 Å². The summed E-state index contributed by atoms with van der Waals surface area (Å²) in [5.74, 6) is -0.732. The molecule has 1 aliphatic rings. The van der Waals surface area contributed by atoms with Crippen LogP contribution in [0.25, 0.3) is 0 Å². The van der Waals surface area contributed by atoms with E-state index in [0.717, 1.165) is 12.8 Å². The topological polar surface area (TPSA) is 63.0 Å². The third-order valence-corrected chi connectivity index (χ3v) is 3.06. The Morgan fingerprint density at radius 2 is 2.29 bits per heavy atom. The molecule has 1 saturated heterocycles. The zero-order valence-electron chi connectivity index (χ0n) is 9.50. The molecule has 2 rings (SSSR count). The summed E-state index contributed by atoms with van der Waals surface area (Å²) in [4.78, 5) is 16.2. The van der Waals surface area contributed by atoms with Crippen LogP contribution in [-0.2, 0) is 9.53 Å². The minimum absolute atomic E-state index is 0.00352. The summed E-state index contributed by atoms with van der Waals surface area (Å²) in [5.41, 5.74) is 0.687. The number of nitrogens with zero attached hydrogens (tertiary/aromatic N) is 2. The van der Waals surface area contributed by atoms with E-state index in [1.165, 1.54) is 0 Å². The lowest BCUT2D eigenvalue weighted by Crippen LogP contribution is -2.27. The monoisotopic (exact) mass is 230 g/mol. The Bertz CT molecular complexity index is 419. The second-order valence-corrected chi connectivity index (χ2v) is 4.14. The molecule has 1 unspecified atom stereocenters.